The summed E-state index contributed by atoms with van der Waals surface area (Å²) in [7, 11) is 0. The van der Waals surface area contributed by atoms with E-state index in [1.165, 1.54) is 24.4 Å². The summed E-state index contributed by atoms with van der Waals surface area (Å²) in [5.41, 5.74) is 0.388. The number of fused-ring (bicyclic) bond motifs is 1. The van der Waals surface area contributed by atoms with Crippen LogP contribution in [0.5, 0.6) is 17.2 Å². The van der Waals surface area contributed by atoms with Gasteiger partial charge in [-0.15, -0.1) is 0 Å². The molecular weight excluding hydrogens is 362 g/mol. The van der Waals surface area contributed by atoms with Crippen molar-refractivity contribution < 1.29 is 24.2 Å². The van der Waals surface area contributed by atoms with E-state index in [4.69, 9.17) is 9.15 Å². The van der Waals surface area contributed by atoms with Gasteiger partial charge in [0.1, 0.15) is 11.5 Å². The summed E-state index contributed by atoms with van der Waals surface area (Å²) in [6, 6.07) is 13.4. The van der Waals surface area contributed by atoms with Crippen LogP contribution in [-0.2, 0) is 0 Å². The van der Waals surface area contributed by atoms with Gasteiger partial charge in [0.05, 0.1) is 10.9 Å². The summed E-state index contributed by atoms with van der Waals surface area (Å²) in [6.45, 7) is 0. The zero-order valence-electron chi connectivity index (χ0n) is 14.3. The van der Waals surface area contributed by atoms with Gasteiger partial charge >= 0.3 is 5.97 Å². The highest BCUT2D eigenvalue weighted by atomic mass is 16.5. The minimum absolute atomic E-state index is 0.102. The summed E-state index contributed by atoms with van der Waals surface area (Å²) in [6.07, 6.45) is 2.96. The highest BCUT2D eigenvalue weighted by molar-refractivity contribution is 5.90. The number of pyridine rings is 1. The number of aromatic hydroxyl groups is 2. The third-order valence-corrected chi connectivity index (χ3v) is 4.10. The molecule has 0 atom stereocenters. The Labute approximate surface area is 158 Å². The van der Waals surface area contributed by atoms with Crippen LogP contribution in [0.25, 0.3) is 22.3 Å². The molecule has 0 fully saturated rings. The Hall–Kier alpha value is -4.13. The van der Waals surface area contributed by atoms with E-state index in [0.717, 1.165) is 0 Å². The smallest absolute Gasteiger partial charge is 0.345 e. The van der Waals surface area contributed by atoms with Crippen molar-refractivity contribution in [3.05, 3.63) is 82.8 Å². The second-order valence-corrected chi connectivity index (χ2v) is 5.94. The van der Waals surface area contributed by atoms with Gasteiger partial charge in [0.25, 0.3) is 0 Å². The van der Waals surface area contributed by atoms with Crippen LogP contribution in [-0.4, -0.2) is 21.2 Å². The molecule has 138 valence electrons. The average molecular weight is 375 g/mol. The molecule has 0 amide bonds. The number of carbonyl (C=O) groups is 1. The van der Waals surface area contributed by atoms with Crippen molar-refractivity contribution in [1.29, 1.82) is 0 Å². The maximum absolute atomic E-state index is 12.3. The number of nitrogens with zero attached hydrogens (tertiary/aromatic N) is 1. The molecule has 0 unspecified atom stereocenters. The summed E-state index contributed by atoms with van der Waals surface area (Å²) in [5, 5.41) is 19.7. The van der Waals surface area contributed by atoms with E-state index in [0.29, 0.717) is 16.9 Å². The number of hydrogen-bond acceptors (Lipinski definition) is 7. The van der Waals surface area contributed by atoms with Crippen molar-refractivity contribution in [3.63, 3.8) is 0 Å². The van der Waals surface area contributed by atoms with E-state index in [9.17, 15) is 19.8 Å². The van der Waals surface area contributed by atoms with Crippen LogP contribution in [0.4, 0.5) is 0 Å². The lowest BCUT2D eigenvalue weighted by molar-refractivity contribution is 0.0734. The fourth-order valence-electron chi connectivity index (χ4n) is 2.67. The fourth-order valence-corrected chi connectivity index (χ4v) is 2.67. The first-order valence-electron chi connectivity index (χ1n) is 8.24. The molecule has 0 aliphatic rings. The molecule has 2 N–H and O–H groups in total. The van der Waals surface area contributed by atoms with Crippen LogP contribution in [0.2, 0.25) is 0 Å². The number of esters is 1. The van der Waals surface area contributed by atoms with Crippen LogP contribution < -0.4 is 10.2 Å². The van der Waals surface area contributed by atoms with E-state index in [-0.39, 0.29) is 27.9 Å². The number of aromatic nitrogens is 1. The predicted octanol–water partition coefficient (Wildman–Crippen LogP) is 3.49. The molecule has 0 saturated carbocycles. The number of carbonyl (C=O) groups excluding carboxylic acids is 1. The minimum atomic E-state index is -0.543. The number of phenols is 2. The molecule has 0 spiro atoms. The van der Waals surface area contributed by atoms with Crippen LogP contribution in [0.1, 0.15) is 10.4 Å². The molecule has 2 aromatic carbocycles. The van der Waals surface area contributed by atoms with Crippen LogP contribution in [0.3, 0.4) is 0 Å². The largest absolute Gasteiger partial charge is 0.504 e. The van der Waals surface area contributed by atoms with E-state index in [1.54, 1.807) is 42.6 Å². The molecule has 0 bridgehead atoms. The molecule has 4 aromatic rings. The standard InChI is InChI=1S/C21H13NO6/c23-16-8-7-15-17(24)10-18(28-20(15)19(16)25)12-3-5-14(6-4-12)27-21(26)13-2-1-9-22-11-13/h1-11,23,25H. The number of ether oxygens (including phenoxy) is 1. The van der Waals surface area contributed by atoms with Gasteiger partial charge in [0, 0.05) is 24.0 Å². The monoisotopic (exact) mass is 375 g/mol. The van der Waals surface area contributed by atoms with Crippen molar-refractivity contribution in [2.24, 2.45) is 0 Å². The van der Waals surface area contributed by atoms with E-state index in [2.05, 4.69) is 4.98 Å². The summed E-state index contributed by atoms with van der Waals surface area (Å²) in [4.78, 5) is 28.2. The first-order chi connectivity index (χ1) is 13.5. The van der Waals surface area contributed by atoms with E-state index < -0.39 is 11.7 Å². The quantitative estimate of drug-likeness (QED) is 0.320. The fraction of sp³-hybridized carbons (Fsp3) is 0. The first-order valence-corrected chi connectivity index (χ1v) is 8.24. The maximum Gasteiger partial charge on any atom is 0.345 e. The molecule has 7 nitrogen and oxygen atoms in total. The third-order valence-electron chi connectivity index (χ3n) is 4.10. The van der Waals surface area contributed by atoms with Gasteiger partial charge in [-0.3, -0.25) is 9.78 Å². The number of phenolic OH excluding ortho intramolecular Hbond substituents is 2. The van der Waals surface area contributed by atoms with Crippen molar-refractivity contribution >= 4 is 16.9 Å². The molecule has 0 aliphatic carbocycles. The SMILES string of the molecule is O=C(Oc1ccc(-c2cc(=O)c3ccc(O)c(O)c3o2)cc1)c1cccnc1. The van der Waals surface area contributed by atoms with Gasteiger partial charge in [-0.1, -0.05) is 0 Å². The molecule has 0 aliphatic heterocycles. The highest BCUT2D eigenvalue weighted by Gasteiger charge is 2.14. The van der Waals surface area contributed by atoms with Gasteiger partial charge in [-0.2, -0.15) is 0 Å². The molecule has 28 heavy (non-hydrogen) atoms. The Bertz CT molecular complexity index is 1230. The molecule has 7 heteroatoms. The van der Waals surface area contributed by atoms with Crippen molar-refractivity contribution in [2.75, 3.05) is 0 Å². The van der Waals surface area contributed by atoms with Crippen molar-refractivity contribution in [2.45, 2.75) is 0 Å². The van der Waals surface area contributed by atoms with Gasteiger partial charge in [-0.25, -0.2) is 4.79 Å². The van der Waals surface area contributed by atoms with Crippen LogP contribution in [0, 0.1) is 0 Å². The molecule has 4 rings (SSSR count). The van der Waals surface area contributed by atoms with E-state index in [1.807, 2.05) is 0 Å². The Morgan fingerprint density at radius 2 is 1.82 bits per heavy atom. The zero-order chi connectivity index (χ0) is 19.7. The van der Waals surface area contributed by atoms with Crippen molar-refractivity contribution in [3.8, 4) is 28.6 Å². The number of hydrogen-bond donors (Lipinski definition) is 2. The molecular formula is C21H13NO6. The molecule has 0 radical (unpaired) electrons. The Balaban J connectivity index is 1.65. The average Bonchev–Trinajstić information content (AvgIpc) is 2.72. The number of rotatable bonds is 3. The summed E-state index contributed by atoms with van der Waals surface area (Å²) < 4.78 is 10.9. The van der Waals surface area contributed by atoms with Crippen LogP contribution in [0.15, 0.2) is 76.2 Å². The number of benzene rings is 2. The molecule has 0 saturated heterocycles. The lowest BCUT2D eigenvalue weighted by Gasteiger charge is -2.07. The molecule has 2 heterocycles. The topological polar surface area (TPSA) is 110 Å². The van der Waals surface area contributed by atoms with Crippen LogP contribution >= 0.6 is 0 Å². The Kier molecular flexibility index (Phi) is 4.25. The van der Waals surface area contributed by atoms with E-state index >= 15 is 0 Å². The first kappa shape index (κ1) is 17.3. The summed E-state index contributed by atoms with van der Waals surface area (Å²) >= 11 is 0. The minimum Gasteiger partial charge on any atom is -0.504 e. The highest BCUT2D eigenvalue weighted by Crippen LogP contribution is 2.34. The van der Waals surface area contributed by atoms with Crippen molar-refractivity contribution in [1.82, 2.24) is 4.98 Å². The summed E-state index contributed by atoms with van der Waals surface area (Å²) in [5.74, 6) is -0.924. The van der Waals surface area contributed by atoms with Gasteiger partial charge in [0.15, 0.2) is 16.8 Å². The second kappa shape index (κ2) is 6.88. The Morgan fingerprint density at radius 1 is 1.04 bits per heavy atom. The second-order valence-electron chi connectivity index (χ2n) is 5.94. The lowest BCUT2D eigenvalue weighted by Crippen LogP contribution is -2.08. The van der Waals surface area contributed by atoms with Gasteiger partial charge in [-0.05, 0) is 48.5 Å². The zero-order valence-corrected chi connectivity index (χ0v) is 14.3. The maximum atomic E-state index is 12.3. The Morgan fingerprint density at radius 3 is 2.54 bits per heavy atom. The van der Waals surface area contributed by atoms with Gasteiger partial charge in [0.2, 0.25) is 5.75 Å². The predicted molar refractivity (Wildman–Crippen MR) is 100 cm³/mol. The molecule has 2 aromatic heterocycles. The lowest BCUT2D eigenvalue weighted by atomic mass is 10.1. The third kappa shape index (κ3) is 3.16. The normalized spacial score (nSPS) is 10.7. The van der Waals surface area contributed by atoms with Gasteiger partial charge < -0.3 is 19.4 Å².